The van der Waals surface area contributed by atoms with Crippen LogP contribution in [-0.4, -0.2) is 16.2 Å². The van der Waals surface area contributed by atoms with Crippen LogP contribution in [0.3, 0.4) is 0 Å². The zero-order chi connectivity index (χ0) is 34.2. The lowest BCUT2D eigenvalue weighted by Gasteiger charge is -2.24. The fourth-order valence-electron chi connectivity index (χ4n) is 7.86. The largest absolute Gasteiger partial charge is 0.456 e. The van der Waals surface area contributed by atoms with Crippen molar-refractivity contribution in [1.29, 1.82) is 0 Å². The minimum Gasteiger partial charge on any atom is -0.456 e. The first-order valence-corrected chi connectivity index (χ1v) is 17.6. The van der Waals surface area contributed by atoms with Crippen LogP contribution in [0.1, 0.15) is 22.9 Å². The van der Waals surface area contributed by atoms with E-state index in [1.807, 2.05) is 18.2 Å². The smallest absolute Gasteiger partial charge is 0.159 e. The van der Waals surface area contributed by atoms with Crippen LogP contribution in [0.2, 0.25) is 0 Å². The number of nitrogens with one attached hydrogen (secondary N) is 1. The molecule has 5 nitrogen and oxygen atoms in total. The number of para-hydroxylation sites is 1. The van der Waals surface area contributed by atoms with Crippen LogP contribution in [-0.2, 0) is 0 Å². The van der Waals surface area contributed by atoms with Crippen LogP contribution in [0.25, 0.3) is 71.0 Å². The predicted molar refractivity (Wildman–Crippen MR) is 215 cm³/mol. The van der Waals surface area contributed by atoms with Crippen molar-refractivity contribution >= 4 is 77.0 Å². The summed E-state index contributed by atoms with van der Waals surface area (Å²) in [6, 6.07) is 59.9. The molecule has 1 aliphatic heterocycles. The normalized spacial score (nSPS) is 14.7. The molecule has 0 aliphatic carbocycles. The maximum atomic E-state index is 6.33. The summed E-state index contributed by atoms with van der Waals surface area (Å²) < 4.78 is 8.71. The molecule has 0 spiro atoms. The van der Waals surface area contributed by atoms with Gasteiger partial charge < -0.3 is 14.3 Å². The molecule has 0 radical (unpaired) electrons. The zero-order valence-corrected chi connectivity index (χ0v) is 28.0. The molecule has 5 heteroatoms. The molecule has 0 fully saturated rings. The van der Waals surface area contributed by atoms with E-state index in [1.165, 1.54) is 38.0 Å². The third kappa shape index (κ3) is 4.56. The molecule has 11 rings (SSSR count). The molecular formula is C47H30N4O. The van der Waals surface area contributed by atoms with Crippen molar-refractivity contribution in [1.82, 2.24) is 9.88 Å². The number of fused-ring (bicyclic) bond motifs is 8. The Balaban J connectivity index is 1.05. The summed E-state index contributed by atoms with van der Waals surface area (Å²) in [6.45, 7) is 0. The van der Waals surface area contributed by atoms with Crippen molar-refractivity contribution in [2.45, 2.75) is 6.17 Å². The molecule has 52 heavy (non-hydrogen) atoms. The van der Waals surface area contributed by atoms with E-state index in [9.17, 15) is 0 Å². The predicted octanol–water partition coefficient (Wildman–Crippen LogP) is 11.5. The van der Waals surface area contributed by atoms with Gasteiger partial charge in [-0.15, -0.1) is 0 Å². The zero-order valence-electron chi connectivity index (χ0n) is 28.0. The number of rotatable bonds is 4. The molecule has 1 unspecified atom stereocenters. The fourth-order valence-corrected chi connectivity index (χ4v) is 7.86. The van der Waals surface area contributed by atoms with E-state index < -0.39 is 0 Å². The van der Waals surface area contributed by atoms with Gasteiger partial charge in [-0.3, -0.25) is 0 Å². The molecular weight excluding hydrogens is 637 g/mol. The van der Waals surface area contributed by atoms with Crippen LogP contribution in [0, 0.1) is 0 Å². The standard InChI is InChI=1S/C47H30N4O/c1-2-11-29(12-3-1)45-48-46(50-47(49-45)35-21-22-43-39(26-35)40-25-31-14-5-7-16-33(31)28-44(40)52-43)34-17-10-18-36(23-34)51-41-20-9-8-19-37(41)38-24-30-13-4-6-15-32(30)27-42(38)51/h1-28,47H,(H,48,49,50). The van der Waals surface area contributed by atoms with Gasteiger partial charge in [0, 0.05) is 38.4 Å². The van der Waals surface area contributed by atoms with Gasteiger partial charge in [-0.05, 0) is 81.7 Å². The second kappa shape index (κ2) is 11.3. The van der Waals surface area contributed by atoms with Gasteiger partial charge in [0.15, 0.2) is 5.84 Å². The molecule has 244 valence electrons. The third-order valence-corrected chi connectivity index (χ3v) is 10.4. The van der Waals surface area contributed by atoms with Crippen molar-refractivity contribution in [2.24, 2.45) is 9.98 Å². The molecule has 1 aliphatic rings. The lowest BCUT2D eigenvalue weighted by Crippen LogP contribution is -2.33. The Hall–Kier alpha value is -6.98. The van der Waals surface area contributed by atoms with Crippen molar-refractivity contribution in [2.75, 3.05) is 0 Å². The van der Waals surface area contributed by atoms with Gasteiger partial charge >= 0.3 is 0 Å². The van der Waals surface area contributed by atoms with Crippen LogP contribution < -0.4 is 5.32 Å². The van der Waals surface area contributed by atoms with E-state index in [1.54, 1.807) is 0 Å². The van der Waals surface area contributed by atoms with E-state index >= 15 is 0 Å². The summed E-state index contributed by atoms with van der Waals surface area (Å²) in [6.07, 6.45) is -0.360. The number of aliphatic imine (C=N–C) groups is 2. The Labute approximate surface area is 298 Å². The quantitative estimate of drug-likeness (QED) is 0.203. The minimum absolute atomic E-state index is 0.360. The number of hydrogen-bond donors (Lipinski definition) is 1. The lowest BCUT2D eigenvalue weighted by molar-refractivity contribution is 0.663. The van der Waals surface area contributed by atoms with Gasteiger partial charge in [0.05, 0.1) is 11.0 Å². The molecule has 8 aromatic carbocycles. The highest BCUT2D eigenvalue weighted by molar-refractivity contribution is 6.15. The second-order valence-electron chi connectivity index (χ2n) is 13.5. The first-order chi connectivity index (χ1) is 25.7. The van der Waals surface area contributed by atoms with Gasteiger partial charge in [-0.1, -0.05) is 115 Å². The van der Waals surface area contributed by atoms with E-state index in [0.29, 0.717) is 5.84 Å². The minimum atomic E-state index is -0.360. The number of aromatic nitrogens is 1. The van der Waals surface area contributed by atoms with Gasteiger partial charge in [-0.25, -0.2) is 9.98 Å². The van der Waals surface area contributed by atoms with Crippen molar-refractivity contribution < 1.29 is 4.42 Å². The van der Waals surface area contributed by atoms with Crippen molar-refractivity contribution in [3.8, 4) is 5.69 Å². The van der Waals surface area contributed by atoms with E-state index in [-0.39, 0.29) is 6.17 Å². The van der Waals surface area contributed by atoms with E-state index in [4.69, 9.17) is 14.4 Å². The third-order valence-electron chi connectivity index (χ3n) is 10.4. The molecule has 1 N–H and O–H groups in total. The van der Waals surface area contributed by atoms with Crippen LogP contribution >= 0.6 is 0 Å². The molecule has 0 saturated heterocycles. The molecule has 2 aromatic heterocycles. The Morgan fingerprint density at radius 2 is 1.15 bits per heavy atom. The molecule has 0 saturated carbocycles. The topological polar surface area (TPSA) is 54.8 Å². The highest BCUT2D eigenvalue weighted by Crippen LogP contribution is 2.37. The van der Waals surface area contributed by atoms with Crippen molar-refractivity contribution in [3.05, 3.63) is 187 Å². The van der Waals surface area contributed by atoms with Crippen LogP contribution in [0.4, 0.5) is 0 Å². The second-order valence-corrected chi connectivity index (χ2v) is 13.5. The van der Waals surface area contributed by atoms with Crippen LogP contribution in [0.15, 0.2) is 184 Å². The van der Waals surface area contributed by atoms with Crippen molar-refractivity contribution in [3.63, 3.8) is 0 Å². The maximum absolute atomic E-state index is 6.33. The highest BCUT2D eigenvalue weighted by atomic mass is 16.3. The number of furan rings is 1. The average molecular weight is 667 g/mol. The Bertz CT molecular complexity index is 3110. The monoisotopic (exact) mass is 666 g/mol. The number of nitrogens with zero attached hydrogens (tertiary/aromatic N) is 3. The Morgan fingerprint density at radius 3 is 1.98 bits per heavy atom. The highest BCUT2D eigenvalue weighted by Gasteiger charge is 2.23. The average Bonchev–Trinajstić information content (AvgIpc) is 3.73. The lowest BCUT2D eigenvalue weighted by atomic mass is 10.0. The molecule has 1 atom stereocenters. The van der Waals surface area contributed by atoms with Gasteiger partial charge in [0.1, 0.15) is 23.2 Å². The fraction of sp³-hybridized carbons (Fsp3) is 0.0213. The first-order valence-electron chi connectivity index (χ1n) is 17.6. The van der Waals surface area contributed by atoms with Gasteiger partial charge in [0.2, 0.25) is 0 Å². The summed E-state index contributed by atoms with van der Waals surface area (Å²) in [4.78, 5) is 10.3. The SMILES string of the molecule is c1ccc(C2=NC(c3ccc4oc5cc6ccccc6cc5c4c3)NC(c3cccc(-n4c5ccccc5c5cc6ccccc6cc54)c3)=N2)cc1. The van der Waals surface area contributed by atoms with Crippen LogP contribution in [0.5, 0.6) is 0 Å². The number of amidine groups is 2. The van der Waals surface area contributed by atoms with Gasteiger partial charge in [-0.2, -0.15) is 0 Å². The summed E-state index contributed by atoms with van der Waals surface area (Å²) in [5, 5.41) is 13.2. The molecule has 10 aromatic rings. The summed E-state index contributed by atoms with van der Waals surface area (Å²) in [5.41, 5.74) is 8.15. The first kappa shape index (κ1) is 28.8. The molecule has 3 heterocycles. The Kier molecular flexibility index (Phi) is 6.25. The summed E-state index contributed by atoms with van der Waals surface area (Å²) >= 11 is 0. The van der Waals surface area contributed by atoms with E-state index in [2.05, 4.69) is 162 Å². The van der Waals surface area contributed by atoms with Gasteiger partial charge in [0.25, 0.3) is 0 Å². The molecule has 0 amide bonds. The Morgan fingerprint density at radius 1 is 0.481 bits per heavy atom. The number of benzene rings is 8. The summed E-state index contributed by atoms with van der Waals surface area (Å²) in [7, 11) is 0. The molecule has 0 bridgehead atoms. The number of hydrogen-bond acceptors (Lipinski definition) is 4. The maximum Gasteiger partial charge on any atom is 0.159 e. The summed E-state index contributed by atoms with van der Waals surface area (Å²) in [5.74, 6) is 1.46. The van der Waals surface area contributed by atoms with E-state index in [0.717, 1.165) is 55.5 Å².